The molecule has 0 N–H and O–H groups in total. The van der Waals surface area contributed by atoms with E-state index in [1.807, 2.05) is 110 Å². The van der Waals surface area contributed by atoms with E-state index in [0.29, 0.717) is 17.5 Å². The molecular formula is C40H26N6. The van der Waals surface area contributed by atoms with Gasteiger partial charge in [-0.2, -0.15) is 0 Å². The number of rotatable bonds is 6. The number of pyridine rings is 3. The van der Waals surface area contributed by atoms with Crippen molar-refractivity contribution in [3.63, 3.8) is 0 Å². The van der Waals surface area contributed by atoms with Crippen LogP contribution in [-0.4, -0.2) is 29.9 Å². The van der Waals surface area contributed by atoms with E-state index in [0.717, 1.165) is 61.1 Å². The molecule has 0 radical (unpaired) electrons. The van der Waals surface area contributed by atoms with Crippen LogP contribution in [0.25, 0.3) is 78.6 Å². The van der Waals surface area contributed by atoms with Crippen LogP contribution >= 0.6 is 0 Å². The Hall–Kier alpha value is -6.40. The summed E-state index contributed by atoms with van der Waals surface area (Å²) in [6.45, 7) is 0. The molecule has 46 heavy (non-hydrogen) atoms. The summed E-state index contributed by atoms with van der Waals surface area (Å²) < 4.78 is 0. The van der Waals surface area contributed by atoms with E-state index in [-0.39, 0.29) is 0 Å². The molecule has 4 heterocycles. The maximum Gasteiger partial charge on any atom is 0.164 e. The first-order chi connectivity index (χ1) is 22.8. The smallest absolute Gasteiger partial charge is 0.164 e. The molecule has 0 fully saturated rings. The maximum absolute atomic E-state index is 4.92. The average Bonchev–Trinajstić information content (AvgIpc) is 3.15. The summed E-state index contributed by atoms with van der Waals surface area (Å²) in [4.78, 5) is 28.3. The normalized spacial score (nSPS) is 11.0. The molecular weight excluding hydrogens is 564 g/mol. The van der Waals surface area contributed by atoms with E-state index in [1.165, 1.54) is 0 Å². The largest absolute Gasteiger partial charge is 0.264 e. The van der Waals surface area contributed by atoms with Gasteiger partial charge < -0.3 is 0 Å². The summed E-state index contributed by atoms with van der Waals surface area (Å²) in [7, 11) is 0. The Balaban J connectivity index is 1.12. The molecule has 0 aliphatic carbocycles. The van der Waals surface area contributed by atoms with Crippen molar-refractivity contribution in [2.24, 2.45) is 0 Å². The summed E-state index contributed by atoms with van der Waals surface area (Å²) >= 11 is 0. The van der Waals surface area contributed by atoms with E-state index in [9.17, 15) is 0 Å². The minimum atomic E-state index is 0.608. The molecule has 4 aromatic heterocycles. The van der Waals surface area contributed by atoms with Crippen LogP contribution in [0, 0.1) is 0 Å². The summed E-state index contributed by atoms with van der Waals surface area (Å²) in [5.41, 5.74) is 8.77. The molecule has 0 unspecified atom stereocenters. The quantitative estimate of drug-likeness (QED) is 0.192. The van der Waals surface area contributed by atoms with Gasteiger partial charge in [0.2, 0.25) is 0 Å². The second-order valence-electron chi connectivity index (χ2n) is 10.9. The number of nitrogens with zero attached hydrogens (tertiary/aromatic N) is 6. The Morgan fingerprint density at radius 2 is 0.935 bits per heavy atom. The first-order valence-electron chi connectivity index (χ1n) is 15.0. The molecule has 216 valence electrons. The number of hydrogen-bond acceptors (Lipinski definition) is 6. The van der Waals surface area contributed by atoms with Crippen LogP contribution in [0.15, 0.2) is 158 Å². The number of benzene rings is 4. The Kier molecular flexibility index (Phi) is 7.05. The van der Waals surface area contributed by atoms with Gasteiger partial charge >= 0.3 is 0 Å². The number of fused-ring (bicyclic) bond motifs is 1. The van der Waals surface area contributed by atoms with Crippen molar-refractivity contribution in [2.75, 3.05) is 0 Å². The van der Waals surface area contributed by atoms with Crippen molar-refractivity contribution >= 4 is 10.8 Å². The van der Waals surface area contributed by atoms with Crippen LogP contribution in [0.4, 0.5) is 0 Å². The molecule has 8 rings (SSSR count). The molecule has 8 aromatic rings. The lowest BCUT2D eigenvalue weighted by atomic mass is 10.0. The molecule has 0 aliphatic heterocycles. The van der Waals surface area contributed by atoms with Gasteiger partial charge in [-0.3, -0.25) is 15.0 Å². The lowest BCUT2D eigenvalue weighted by molar-refractivity contribution is 1.07. The Morgan fingerprint density at radius 3 is 1.54 bits per heavy atom. The van der Waals surface area contributed by atoms with E-state index in [1.54, 1.807) is 6.20 Å². The number of aromatic nitrogens is 6. The van der Waals surface area contributed by atoms with Crippen molar-refractivity contribution < 1.29 is 0 Å². The monoisotopic (exact) mass is 590 g/mol. The predicted molar refractivity (Wildman–Crippen MR) is 183 cm³/mol. The van der Waals surface area contributed by atoms with Crippen molar-refractivity contribution in [2.45, 2.75) is 0 Å². The maximum atomic E-state index is 4.92. The fraction of sp³-hybridized carbons (Fsp3) is 0. The van der Waals surface area contributed by atoms with Gasteiger partial charge in [-0.05, 0) is 35.2 Å². The van der Waals surface area contributed by atoms with Crippen LogP contribution in [-0.2, 0) is 0 Å². The first kappa shape index (κ1) is 27.2. The van der Waals surface area contributed by atoms with Crippen molar-refractivity contribution in [1.82, 2.24) is 29.9 Å². The highest BCUT2D eigenvalue weighted by Gasteiger charge is 2.13. The molecule has 0 aliphatic rings. The first-order valence-corrected chi connectivity index (χ1v) is 15.0. The Labute approximate surface area is 266 Å². The molecule has 6 nitrogen and oxygen atoms in total. The van der Waals surface area contributed by atoms with Crippen molar-refractivity contribution in [3.8, 4) is 67.8 Å². The highest BCUT2D eigenvalue weighted by atomic mass is 15.0. The third kappa shape index (κ3) is 5.40. The molecule has 6 heteroatoms. The van der Waals surface area contributed by atoms with Crippen LogP contribution in [0.1, 0.15) is 0 Å². The fourth-order valence-electron chi connectivity index (χ4n) is 5.55. The molecule has 0 amide bonds. The molecule has 0 atom stereocenters. The molecule has 0 bridgehead atoms. The van der Waals surface area contributed by atoms with Crippen molar-refractivity contribution in [3.05, 3.63) is 158 Å². The highest BCUT2D eigenvalue weighted by molar-refractivity contribution is 5.96. The Morgan fingerprint density at radius 1 is 0.348 bits per heavy atom. The summed E-state index contributed by atoms with van der Waals surface area (Å²) in [5.74, 6) is 1.85. The van der Waals surface area contributed by atoms with Crippen molar-refractivity contribution in [1.29, 1.82) is 0 Å². The van der Waals surface area contributed by atoms with Gasteiger partial charge in [-0.15, -0.1) is 0 Å². The van der Waals surface area contributed by atoms with E-state index in [2.05, 4.69) is 52.4 Å². The van der Waals surface area contributed by atoms with Gasteiger partial charge in [0.15, 0.2) is 17.5 Å². The summed E-state index contributed by atoms with van der Waals surface area (Å²) in [6, 6.07) is 44.7. The lowest BCUT2D eigenvalue weighted by Crippen LogP contribution is -2.00. The molecule has 4 aromatic carbocycles. The summed E-state index contributed by atoms with van der Waals surface area (Å²) in [5, 5.41) is 2.27. The van der Waals surface area contributed by atoms with Gasteiger partial charge in [0.25, 0.3) is 0 Å². The van der Waals surface area contributed by atoms with Crippen LogP contribution in [0.3, 0.4) is 0 Å². The average molecular weight is 591 g/mol. The minimum absolute atomic E-state index is 0.608. The zero-order chi connectivity index (χ0) is 30.7. The minimum Gasteiger partial charge on any atom is -0.264 e. The molecule has 0 spiro atoms. The second kappa shape index (κ2) is 11.9. The topological polar surface area (TPSA) is 77.3 Å². The zero-order valence-electron chi connectivity index (χ0n) is 24.7. The van der Waals surface area contributed by atoms with E-state index >= 15 is 0 Å². The van der Waals surface area contributed by atoms with E-state index < -0.39 is 0 Å². The third-order valence-electron chi connectivity index (χ3n) is 7.97. The molecule has 0 saturated heterocycles. The number of hydrogen-bond donors (Lipinski definition) is 0. The van der Waals surface area contributed by atoms with Gasteiger partial charge in [0, 0.05) is 63.6 Å². The second-order valence-corrected chi connectivity index (χ2v) is 10.9. The van der Waals surface area contributed by atoms with Gasteiger partial charge in [0.1, 0.15) is 0 Å². The van der Waals surface area contributed by atoms with Crippen LogP contribution in [0.5, 0.6) is 0 Å². The van der Waals surface area contributed by atoms with Gasteiger partial charge in [0.05, 0.1) is 11.4 Å². The van der Waals surface area contributed by atoms with Gasteiger partial charge in [-0.1, -0.05) is 109 Å². The lowest BCUT2D eigenvalue weighted by Gasteiger charge is -2.10. The van der Waals surface area contributed by atoms with E-state index in [4.69, 9.17) is 19.9 Å². The third-order valence-corrected chi connectivity index (χ3v) is 7.97. The highest BCUT2D eigenvalue weighted by Crippen LogP contribution is 2.31. The Bertz CT molecular complexity index is 2260. The predicted octanol–water partition coefficient (Wildman–Crippen LogP) is 9.21. The SMILES string of the molecule is c1ccc(-c2nc(-c3ccc(-c4ccccn4)cc3)nc(-c3ccc(-c4ccc(-c5cccc6ccncc56)cn4)cc3)n2)cc1. The summed E-state index contributed by atoms with van der Waals surface area (Å²) in [6.07, 6.45) is 7.45. The fourth-order valence-corrected chi connectivity index (χ4v) is 5.55. The van der Waals surface area contributed by atoms with Crippen LogP contribution < -0.4 is 0 Å². The van der Waals surface area contributed by atoms with Crippen LogP contribution in [0.2, 0.25) is 0 Å². The molecule has 0 saturated carbocycles. The standard InChI is InChI=1S/C40H26N6/c1-2-7-30(8-3-1)38-44-39(31-16-12-28(13-17-31)36-11-4-5-23-42-36)46-40(45-38)32-18-14-29(15-19-32)37-21-20-33(25-43-37)34-10-6-9-27-22-24-41-26-35(27)34/h1-26H. The van der Waals surface area contributed by atoms with Gasteiger partial charge in [-0.25, -0.2) is 15.0 Å². The zero-order valence-corrected chi connectivity index (χ0v) is 24.7.